The third-order valence-electron chi connectivity index (χ3n) is 2.87. The van der Waals surface area contributed by atoms with Gasteiger partial charge in [0, 0.05) is 6.07 Å². The Morgan fingerprint density at radius 3 is 2.63 bits per heavy atom. The van der Waals surface area contributed by atoms with Crippen molar-refractivity contribution in [2.24, 2.45) is 0 Å². The summed E-state index contributed by atoms with van der Waals surface area (Å²) >= 11 is 0. The van der Waals surface area contributed by atoms with Gasteiger partial charge in [-0.1, -0.05) is 0 Å². The molecule has 2 unspecified atom stereocenters. The number of nitrogens with one attached hydrogen (secondary N) is 1. The molecule has 2 atom stereocenters. The van der Waals surface area contributed by atoms with Gasteiger partial charge in [-0.3, -0.25) is 10.1 Å². The maximum atomic E-state index is 10.7. The van der Waals surface area contributed by atoms with Crippen LogP contribution in [0, 0.1) is 10.1 Å². The largest absolute Gasteiger partial charge is 0.391 e. The van der Waals surface area contributed by atoms with Crippen molar-refractivity contribution in [3.05, 3.63) is 39.4 Å². The van der Waals surface area contributed by atoms with Gasteiger partial charge in [-0.2, -0.15) is 0 Å². The van der Waals surface area contributed by atoms with E-state index in [0.29, 0.717) is 18.5 Å². The Morgan fingerprint density at radius 1 is 1.42 bits per heavy atom. The smallest absolute Gasteiger partial charge is 0.274 e. The molecule has 1 aromatic carbocycles. The Hall–Kier alpha value is -1.54. The fourth-order valence-corrected chi connectivity index (χ4v) is 1.77. The summed E-state index contributed by atoms with van der Waals surface area (Å²) in [5, 5.41) is 42.4. The lowest BCUT2D eigenvalue weighted by molar-refractivity contribution is -0.385. The second-order valence-electron chi connectivity index (χ2n) is 4.21. The number of nitro benzene ring substituents is 1. The minimum atomic E-state index is -1.14. The number of nitro groups is 1. The number of aliphatic hydroxyl groups excluding tert-OH is 3. The Kier molecular flexibility index (Phi) is 5.84. The van der Waals surface area contributed by atoms with Crippen LogP contribution in [0.15, 0.2) is 18.2 Å². The van der Waals surface area contributed by atoms with Gasteiger partial charge in [0.05, 0.1) is 23.2 Å². The summed E-state index contributed by atoms with van der Waals surface area (Å²) in [4.78, 5) is 10.1. The van der Waals surface area contributed by atoms with Gasteiger partial charge in [-0.05, 0) is 37.7 Å². The average Bonchev–Trinajstić information content (AvgIpc) is 2.42. The Morgan fingerprint density at radius 2 is 2.11 bits per heavy atom. The highest BCUT2D eigenvalue weighted by molar-refractivity contribution is 5.43. The van der Waals surface area contributed by atoms with Crippen molar-refractivity contribution in [1.82, 2.24) is 5.32 Å². The van der Waals surface area contributed by atoms with Crippen LogP contribution in [0.1, 0.15) is 23.7 Å². The molecule has 7 nitrogen and oxygen atoms in total. The number of benzene rings is 1. The molecular formula is C12H18N2O5. The summed E-state index contributed by atoms with van der Waals surface area (Å²) in [5.74, 6) is 0. The lowest BCUT2D eigenvalue weighted by atomic mass is 9.99. The van der Waals surface area contributed by atoms with Crippen molar-refractivity contribution in [3.63, 3.8) is 0 Å². The normalized spacial score (nSPS) is 14.1. The van der Waals surface area contributed by atoms with Crippen LogP contribution in [-0.2, 0) is 6.61 Å². The molecule has 106 valence electrons. The molecule has 0 amide bonds. The number of rotatable bonds is 7. The first-order valence-electron chi connectivity index (χ1n) is 5.90. The van der Waals surface area contributed by atoms with Gasteiger partial charge in [-0.25, -0.2) is 0 Å². The Balaban J connectivity index is 2.92. The summed E-state index contributed by atoms with van der Waals surface area (Å²) in [6.45, 7) is 0.0432. The second-order valence-corrected chi connectivity index (χ2v) is 4.21. The first kappa shape index (κ1) is 15.5. The predicted molar refractivity (Wildman–Crippen MR) is 68.5 cm³/mol. The third kappa shape index (κ3) is 3.97. The molecule has 1 rings (SSSR count). The zero-order valence-corrected chi connectivity index (χ0v) is 10.6. The topological polar surface area (TPSA) is 116 Å². The molecule has 0 aliphatic rings. The number of aliphatic hydroxyl groups is 3. The zero-order valence-electron chi connectivity index (χ0n) is 10.6. The highest BCUT2D eigenvalue weighted by Crippen LogP contribution is 2.25. The maximum absolute atomic E-state index is 10.7. The van der Waals surface area contributed by atoms with E-state index in [1.54, 1.807) is 7.05 Å². The molecule has 0 aromatic heterocycles. The van der Waals surface area contributed by atoms with E-state index in [-0.39, 0.29) is 11.3 Å². The minimum Gasteiger partial charge on any atom is -0.391 e. The lowest BCUT2D eigenvalue weighted by Gasteiger charge is -2.18. The minimum absolute atomic E-state index is 0.113. The van der Waals surface area contributed by atoms with Gasteiger partial charge >= 0.3 is 0 Å². The van der Waals surface area contributed by atoms with E-state index in [0.717, 1.165) is 0 Å². The summed E-state index contributed by atoms with van der Waals surface area (Å²) in [6, 6.07) is 3.94. The van der Waals surface area contributed by atoms with E-state index >= 15 is 0 Å². The molecule has 1 aromatic rings. The predicted octanol–water partition coefficient (Wildman–Crippen LogP) is 0.0909. The Bertz CT molecular complexity index is 438. The fraction of sp³-hybridized carbons (Fsp3) is 0.500. The molecule has 19 heavy (non-hydrogen) atoms. The van der Waals surface area contributed by atoms with Gasteiger partial charge in [-0.15, -0.1) is 0 Å². The van der Waals surface area contributed by atoms with Gasteiger partial charge in [0.25, 0.3) is 5.69 Å². The molecule has 0 radical (unpaired) electrons. The van der Waals surface area contributed by atoms with E-state index in [9.17, 15) is 20.3 Å². The van der Waals surface area contributed by atoms with Crippen LogP contribution in [0.4, 0.5) is 5.69 Å². The summed E-state index contributed by atoms with van der Waals surface area (Å²) in [6.07, 6.45) is -1.76. The molecule has 0 aliphatic heterocycles. The quantitative estimate of drug-likeness (QED) is 0.412. The van der Waals surface area contributed by atoms with Crippen molar-refractivity contribution >= 4 is 5.69 Å². The van der Waals surface area contributed by atoms with Gasteiger partial charge in [0.2, 0.25) is 0 Å². The van der Waals surface area contributed by atoms with Crippen molar-refractivity contribution in [2.75, 3.05) is 13.6 Å². The third-order valence-corrected chi connectivity index (χ3v) is 2.87. The molecule has 0 fully saturated rings. The molecule has 0 bridgehead atoms. The van der Waals surface area contributed by atoms with Crippen LogP contribution >= 0.6 is 0 Å². The van der Waals surface area contributed by atoms with Gasteiger partial charge in [0.1, 0.15) is 6.10 Å². The van der Waals surface area contributed by atoms with Gasteiger partial charge in [0.15, 0.2) is 0 Å². The number of hydrogen-bond acceptors (Lipinski definition) is 6. The first-order chi connectivity index (χ1) is 9.01. The van der Waals surface area contributed by atoms with Crippen molar-refractivity contribution in [1.29, 1.82) is 0 Å². The molecule has 0 saturated heterocycles. The van der Waals surface area contributed by atoms with E-state index in [2.05, 4.69) is 5.32 Å². The number of nitrogens with zero attached hydrogens (tertiary/aromatic N) is 1. The average molecular weight is 270 g/mol. The van der Waals surface area contributed by atoms with Crippen LogP contribution in [0.25, 0.3) is 0 Å². The molecular weight excluding hydrogens is 252 g/mol. The monoisotopic (exact) mass is 270 g/mol. The second kappa shape index (κ2) is 7.15. The van der Waals surface area contributed by atoms with Crippen LogP contribution in [0.2, 0.25) is 0 Å². The SMILES string of the molecule is CNCCC(O)C(O)c1ccc([N+](=O)[O-])c(CO)c1. The van der Waals surface area contributed by atoms with Crippen LogP contribution in [-0.4, -0.2) is 39.9 Å². The highest BCUT2D eigenvalue weighted by Gasteiger charge is 2.21. The van der Waals surface area contributed by atoms with Crippen molar-refractivity contribution < 1.29 is 20.2 Å². The zero-order chi connectivity index (χ0) is 14.4. The van der Waals surface area contributed by atoms with Crippen LogP contribution in [0.3, 0.4) is 0 Å². The van der Waals surface area contributed by atoms with Crippen molar-refractivity contribution in [3.8, 4) is 0 Å². The van der Waals surface area contributed by atoms with E-state index in [1.807, 2.05) is 0 Å². The molecule has 0 spiro atoms. The fourth-order valence-electron chi connectivity index (χ4n) is 1.77. The molecule has 7 heteroatoms. The molecule has 0 aliphatic carbocycles. The van der Waals surface area contributed by atoms with Crippen LogP contribution in [0.5, 0.6) is 0 Å². The maximum Gasteiger partial charge on any atom is 0.274 e. The summed E-state index contributed by atoms with van der Waals surface area (Å²) < 4.78 is 0. The highest BCUT2D eigenvalue weighted by atomic mass is 16.6. The lowest BCUT2D eigenvalue weighted by Crippen LogP contribution is -2.23. The number of hydrogen-bond donors (Lipinski definition) is 4. The molecule has 0 heterocycles. The first-order valence-corrected chi connectivity index (χ1v) is 5.90. The summed E-state index contributed by atoms with van der Waals surface area (Å²) in [7, 11) is 1.73. The van der Waals surface area contributed by atoms with E-state index < -0.39 is 23.7 Å². The Labute approximate surface area is 110 Å². The van der Waals surface area contributed by atoms with Crippen LogP contribution < -0.4 is 5.32 Å². The van der Waals surface area contributed by atoms with Gasteiger partial charge < -0.3 is 20.6 Å². The standard InChI is InChI=1S/C12H18N2O5/c1-13-5-4-11(16)12(17)8-2-3-10(14(18)19)9(6-8)7-15/h2-3,6,11-13,15-17H,4-5,7H2,1H3. The summed E-state index contributed by atoms with van der Waals surface area (Å²) in [5.41, 5.74) is 0.254. The molecule has 4 N–H and O–H groups in total. The van der Waals surface area contributed by atoms with E-state index in [4.69, 9.17) is 5.11 Å². The van der Waals surface area contributed by atoms with E-state index in [1.165, 1.54) is 18.2 Å². The van der Waals surface area contributed by atoms with Crippen molar-refractivity contribution in [2.45, 2.75) is 25.2 Å². The molecule has 0 saturated carbocycles.